The molecular weight excluding hydrogens is 400 g/mol. The predicted molar refractivity (Wildman–Crippen MR) is 98.7 cm³/mol. The lowest BCUT2D eigenvalue weighted by Gasteiger charge is -2.28. The van der Waals surface area contributed by atoms with Crippen molar-refractivity contribution < 1.29 is 18.0 Å². The molecule has 2 aromatic rings. The van der Waals surface area contributed by atoms with Crippen molar-refractivity contribution in [1.82, 2.24) is 9.80 Å². The maximum Gasteiger partial charge on any atom is 0.416 e. The van der Waals surface area contributed by atoms with Gasteiger partial charge in [0.05, 0.1) is 22.2 Å². The van der Waals surface area contributed by atoms with Crippen molar-refractivity contribution >= 4 is 29.1 Å². The Morgan fingerprint density at radius 3 is 2.33 bits per heavy atom. The van der Waals surface area contributed by atoms with Crippen molar-refractivity contribution in [1.29, 1.82) is 0 Å². The first-order chi connectivity index (χ1) is 12.7. The summed E-state index contributed by atoms with van der Waals surface area (Å²) in [5, 5.41) is 0.841. The Labute approximate surface area is 165 Å². The van der Waals surface area contributed by atoms with Crippen LogP contribution in [0.2, 0.25) is 10.0 Å². The maximum atomic E-state index is 12.7. The minimum atomic E-state index is -4.36. The van der Waals surface area contributed by atoms with Gasteiger partial charge in [-0.2, -0.15) is 13.2 Å². The monoisotopic (exact) mass is 416 g/mol. The predicted octanol–water partition coefficient (Wildman–Crippen LogP) is 5.03. The van der Waals surface area contributed by atoms with Gasteiger partial charge in [0.25, 0.3) is 0 Å². The van der Waals surface area contributed by atoms with Crippen LogP contribution in [0, 0.1) is 0 Å². The number of alkyl halides is 3. The number of carbonyl (C=O) groups excluding carboxylic acids is 1. The van der Waals surface area contributed by atoms with E-state index in [2.05, 4.69) is 0 Å². The molecule has 1 saturated heterocycles. The number of rotatable bonds is 4. The van der Waals surface area contributed by atoms with E-state index >= 15 is 0 Å². The summed E-state index contributed by atoms with van der Waals surface area (Å²) in [5.74, 6) is -0.0412. The highest BCUT2D eigenvalue weighted by Crippen LogP contribution is 2.33. The molecule has 2 aromatic carbocycles. The molecule has 1 aliphatic heterocycles. The molecule has 0 saturated carbocycles. The van der Waals surface area contributed by atoms with Crippen LogP contribution >= 0.6 is 23.2 Å². The van der Waals surface area contributed by atoms with E-state index in [1.54, 1.807) is 17.0 Å². The molecule has 1 fully saturated rings. The summed E-state index contributed by atoms with van der Waals surface area (Å²) >= 11 is 12.1. The van der Waals surface area contributed by atoms with E-state index in [4.69, 9.17) is 23.2 Å². The first-order valence-electron chi connectivity index (χ1n) is 8.27. The normalized spacial score (nSPS) is 18.4. The van der Waals surface area contributed by atoms with E-state index in [-0.39, 0.29) is 18.6 Å². The van der Waals surface area contributed by atoms with Gasteiger partial charge in [0.15, 0.2) is 0 Å². The average molecular weight is 417 g/mol. The zero-order valence-electron chi connectivity index (χ0n) is 14.4. The quantitative estimate of drug-likeness (QED) is 0.697. The van der Waals surface area contributed by atoms with Crippen LogP contribution in [0.1, 0.15) is 22.9 Å². The fourth-order valence-electron chi connectivity index (χ4n) is 3.23. The van der Waals surface area contributed by atoms with Gasteiger partial charge in [-0.1, -0.05) is 41.4 Å². The van der Waals surface area contributed by atoms with E-state index < -0.39 is 11.7 Å². The molecule has 0 N–H and O–H groups in total. The summed E-state index contributed by atoms with van der Waals surface area (Å²) in [6.07, 6.45) is -4.19. The van der Waals surface area contributed by atoms with E-state index in [9.17, 15) is 18.0 Å². The zero-order chi connectivity index (χ0) is 19.8. The van der Waals surface area contributed by atoms with Gasteiger partial charge in [0, 0.05) is 6.54 Å². The molecule has 8 heteroatoms. The lowest BCUT2D eigenvalue weighted by Crippen LogP contribution is -2.32. The molecule has 27 heavy (non-hydrogen) atoms. The Morgan fingerprint density at radius 1 is 1.07 bits per heavy atom. The summed E-state index contributed by atoms with van der Waals surface area (Å²) in [7, 11) is 1.84. The second-order valence-corrected chi connectivity index (χ2v) is 7.31. The second kappa shape index (κ2) is 7.70. The number of amides is 1. The summed E-state index contributed by atoms with van der Waals surface area (Å²) in [4.78, 5) is 16.0. The molecule has 1 amide bonds. The number of carbonyl (C=O) groups is 1. The number of benzene rings is 2. The summed E-state index contributed by atoms with van der Waals surface area (Å²) < 4.78 is 38.0. The highest BCUT2D eigenvalue weighted by Gasteiger charge is 2.36. The molecule has 0 bridgehead atoms. The van der Waals surface area contributed by atoms with Crippen LogP contribution in [-0.2, 0) is 17.4 Å². The van der Waals surface area contributed by atoms with Gasteiger partial charge in [-0.05, 0) is 48.9 Å². The maximum absolute atomic E-state index is 12.7. The fourth-order valence-corrected chi connectivity index (χ4v) is 3.54. The minimum absolute atomic E-state index is 0.0412. The van der Waals surface area contributed by atoms with Crippen molar-refractivity contribution in [3.63, 3.8) is 0 Å². The molecule has 0 radical (unpaired) electrons. The van der Waals surface area contributed by atoms with Crippen LogP contribution in [0.3, 0.4) is 0 Å². The van der Waals surface area contributed by atoms with Gasteiger partial charge >= 0.3 is 6.18 Å². The molecule has 1 aliphatic rings. The van der Waals surface area contributed by atoms with Crippen LogP contribution < -0.4 is 0 Å². The molecule has 3 rings (SSSR count). The first-order valence-corrected chi connectivity index (χ1v) is 9.03. The van der Waals surface area contributed by atoms with Crippen LogP contribution in [-0.4, -0.2) is 35.8 Å². The summed E-state index contributed by atoms with van der Waals surface area (Å²) in [6, 6.07) is 10.2. The Bertz CT molecular complexity index is 840. The number of hydrogen-bond acceptors (Lipinski definition) is 2. The van der Waals surface area contributed by atoms with Gasteiger partial charge in [-0.15, -0.1) is 0 Å². The Morgan fingerprint density at radius 2 is 1.74 bits per heavy atom. The number of likely N-dealkylation sites (N-methyl/N-ethyl adjacent to an activating group) is 1. The van der Waals surface area contributed by atoms with E-state index in [1.165, 1.54) is 12.1 Å². The van der Waals surface area contributed by atoms with Crippen LogP contribution in [0.5, 0.6) is 0 Å². The molecule has 0 aromatic heterocycles. The zero-order valence-corrected chi connectivity index (χ0v) is 15.9. The number of hydrogen-bond donors (Lipinski definition) is 0. The second-order valence-electron chi connectivity index (χ2n) is 6.49. The third kappa shape index (κ3) is 4.39. The van der Waals surface area contributed by atoms with Gasteiger partial charge in [0.1, 0.15) is 6.17 Å². The molecule has 1 heterocycles. The Hall–Kier alpha value is -1.76. The van der Waals surface area contributed by atoms with Gasteiger partial charge in [-0.3, -0.25) is 9.69 Å². The van der Waals surface area contributed by atoms with Crippen molar-refractivity contribution in [2.45, 2.75) is 18.8 Å². The molecule has 144 valence electrons. The smallest absolute Gasteiger partial charge is 0.321 e. The lowest BCUT2D eigenvalue weighted by atomic mass is 10.1. The van der Waals surface area contributed by atoms with E-state index in [0.717, 1.165) is 23.3 Å². The minimum Gasteiger partial charge on any atom is -0.321 e. The lowest BCUT2D eigenvalue weighted by molar-refractivity contribution is -0.137. The number of halogens is 5. The Balaban J connectivity index is 1.75. The van der Waals surface area contributed by atoms with Crippen molar-refractivity contribution in [3.05, 3.63) is 69.2 Å². The van der Waals surface area contributed by atoms with Crippen molar-refractivity contribution in [2.75, 3.05) is 20.1 Å². The first kappa shape index (κ1) is 20.0. The topological polar surface area (TPSA) is 23.6 Å². The third-order valence-electron chi connectivity index (χ3n) is 4.58. The summed E-state index contributed by atoms with van der Waals surface area (Å²) in [6.45, 7) is 0.650. The van der Waals surface area contributed by atoms with Gasteiger partial charge < -0.3 is 4.90 Å². The summed E-state index contributed by atoms with van der Waals surface area (Å²) in [5.41, 5.74) is 0.889. The average Bonchev–Trinajstić information content (AvgIpc) is 2.88. The molecule has 3 nitrogen and oxygen atoms in total. The highest BCUT2D eigenvalue weighted by atomic mass is 35.5. The van der Waals surface area contributed by atoms with E-state index in [1.807, 2.05) is 18.0 Å². The standard InChI is InChI=1S/C19H17Cl2F3N2O/c1-25-11-17(27)26(18(25)13-4-7-15(20)16(21)10-13)9-8-12-2-5-14(6-3-12)19(22,23)24/h2-7,10,18H,8-9,11H2,1H3. The van der Waals surface area contributed by atoms with Gasteiger partial charge in [-0.25, -0.2) is 0 Å². The Kier molecular flexibility index (Phi) is 5.70. The molecule has 1 unspecified atom stereocenters. The molecular formula is C19H17Cl2F3N2O. The number of nitrogens with zero attached hydrogens (tertiary/aromatic N) is 2. The SMILES string of the molecule is CN1CC(=O)N(CCc2ccc(C(F)(F)F)cc2)C1c1ccc(Cl)c(Cl)c1. The van der Waals surface area contributed by atoms with E-state index in [0.29, 0.717) is 23.0 Å². The third-order valence-corrected chi connectivity index (χ3v) is 5.32. The molecule has 1 atom stereocenters. The van der Waals surface area contributed by atoms with Crippen molar-refractivity contribution in [2.24, 2.45) is 0 Å². The highest BCUT2D eigenvalue weighted by molar-refractivity contribution is 6.42. The van der Waals surface area contributed by atoms with Crippen molar-refractivity contribution in [3.8, 4) is 0 Å². The van der Waals surface area contributed by atoms with Gasteiger partial charge in [0.2, 0.25) is 5.91 Å². The van der Waals surface area contributed by atoms with Crippen LogP contribution in [0.15, 0.2) is 42.5 Å². The largest absolute Gasteiger partial charge is 0.416 e. The van der Waals surface area contributed by atoms with Crippen LogP contribution in [0.25, 0.3) is 0 Å². The molecule has 0 spiro atoms. The fraction of sp³-hybridized carbons (Fsp3) is 0.316. The van der Waals surface area contributed by atoms with Crippen LogP contribution in [0.4, 0.5) is 13.2 Å². The molecule has 0 aliphatic carbocycles.